The summed E-state index contributed by atoms with van der Waals surface area (Å²) in [7, 11) is 5.86. The quantitative estimate of drug-likeness (QED) is 0.573. The van der Waals surface area contributed by atoms with Crippen LogP contribution in [0.2, 0.25) is 0 Å². The molecular weight excluding hydrogens is 338 g/mol. The smallest absolute Gasteiger partial charge is 0.193 e. The summed E-state index contributed by atoms with van der Waals surface area (Å²) >= 11 is 0. The molecule has 0 amide bonds. The fraction of sp³-hybridized carbons (Fsp3) is 0.524. The van der Waals surface area contributed by atoms with Crippen LogP contribution in [0.4, 0.5) is 0 Å². The molecular formula is C21H33N5O. The molecule has 1 aromatic carbocycles. The second kappa shape index (κ2) is 10.00. The number of nitrogens with one attached hydrogen (secondary N) is 1. The minimum Gasteiger partial charge on any atom is -0.491 e. The second-order valence-electron chi connectivity index (χ2n) is 6.64. The Labute approximate surface area is 163 Å². The summed E-state index contributed by atoms with van der Waals surface area (Å²) in [5.74, 6) is 1.79. The number of guanidine groups is 1. The lowest BCUT2D eigenvalue weighted by Crippen LogP contribution is -2.40. The summed E-state index contributed by atoms with van der Waals surface area (Å²) in [5.41, 5.74) is 4.87. The van der Waals surface area contributed by atoms with Crippen LogP contribution >= 0.6 is 0 Å². The molecule has 2 aromatic rings. The van der Waals surface area contributed by atoms with E-state index in [2.05, 4.69) is 47.1 Å². The summed E-state index contributed by atoms with van der Waals surface area (Å²) in [6.45, 7) is 8.47. The van der Waals surface area contributed by atoms with Gasteiger partial charge in [-0.25, -0.2) is 0 Å². The van der Waals surface area contributed by atoms with Crippen LogP contribution < -0.4 is 10.1 Å². The summed E-state index contributed by atoms with van der Waals surface area (Å²) in [6, 6.07) is 8.08. The van der Waals surface area contributed by atoms with E-state index in [0.717, 1.165) is 48.9 Å². The molecule has 0 fully saturated rings. The van der Waals surface area contributed by atoms with Gasteiger partial charge in [-0.1, -0.05) is 32.0 Å². The zero-order valence-corrected chi connectivity index (χ0v) is 17.5. The molecule has 0 saturated heterocycles. The number of aliphatic imine (C=N–C) groups is 1. The molecule has 0 bridgehead atoms. The van der Waals surface area contributed by atoms with Gasteiger partial charge in [0.15, 0.2) is 5.96 Å². The topological polar surface area (TPSA) is 54.7 Å². The number of benzene rings is 1. The number of nitrogens with zero attached hydrogens (tertiary/aromatic N) is 4. The van der Waals surface area contributed by atoms with E-state index in [9.17, 15) is 0 Å². The van der Waals surface area contributed by atoms with Gasteiger partial charge < -0.3 is 15.0 Å². The van der Waals surface area contributed by atoms with Gasteiger partial charge >= 0.3 is 0 Å². The molecule has 148 valence electrons. The van der Waals surface area contributed by atoms with Crippen LogP contribution in [0.15, 0.2) is 29.3 Å². The average molecular weight is 372 g/mol. The number of para-hydroxylation sites is 1. The van der Waals surface area contributed by atoms with Crippen molar-refractivity contribution >= 4 is 5.96 Å². The Bertz CT molecular complexity index is 766. The van der Waals surface area contributed by atoms with E-state index in [1.807, 2.05) is 44.0 Å². The van der Waals surface area contributed by atoms with Gasteiger partial charge in [0.2, 0.25) is 0 Å². The van der Waals surface area contributed by atoms with E-state index in [1.54, 1.807) is 0 Å². The molecule has 0 saturated carbocycles. The van der Waals surface area contributed by atoms with E-state index in [4.69, 9.17) is 4.74 Å². The monoisotopic (exact) mass is 371 g/mol. The van der Waals surface area contributed by atoms with Crippen LogP contribution in [0.5, 0.6) is 5.75 Å². The van der Waals surface area contributed by atoms with Crippen LogP contribution in [0.25, 0.3) is 0 Å². The normalized spacial score (nSPS) is 11.6. The number of rotatable bonds is 8. The van der Waals surface area contributed by atoms with Gasteiger partial charge in [-0.3, -0.25) is 9.67 Å². The van der Waals surface area contributed by atoms with Gasteiger partial charge in [-0.2, -0.15) is 5.10 Å². The van der Waals surface area contributed by atoms with Crippen molar-refractivity contribution in [3.05, 3.63) is 46.8 Å². The first-order chi connectivity index (χ1) is 13.0. The molecule has 1 heterocycles. The number of ether oxygens (including phenoxy) is 1. The molecule has 6 heteroatoms. The predicted octanol–water partition coefficient (Wildman–Crippen LogP) is 2.94. The van der Waals surface area contributed by atoms with Crippen LogP contribution in [0.1, 0.15) is 36.4 Å². The first-order valence-electron chi connectivity index (χ1n) is 9.65. The van der Waals surface area contributed by atoms with Crippen molar-refractivity contribution in [2.45, 2.75) is 40.2 Å². The Hall–Kier alpha value is -2.50. The first-order valence-corrected chi connectivity index (χ1v) is 9.65. The highest BCUT2D eigenvalue weighted by Gasteiger charge is 2.15. The molecule has 1 N–H and O–H groups in total. The van der Waals surface area contributed by atoms with Gasteiger partial charge in [0.1, 0.15) is 12.4 Å². The molecule has 0 aliphatic carbocycles. The van der Waals surface area contributed by atoms with Crippen molar-refractivity contribution in [2.24, 2.45) is 12.0 Å². The molecule has 0 atom stereocenters. The van der Waals surface area contributed by atoms with Crippen molar-refractivity contribution < 1.29 is 4.74 Å². The summed E-state index contributed by atoms with van der Waals surface area (Å²) in [4.78, 5) is 6.50. The molecule has 0 aliphatic heterocycles. The molecule has 2 rings (SSSR count). The Kier molecular flexibility index (Phi) is 7.70. The third-order valence-electron chi connectivity index (χ3n) is 4.80. The van der Waals surface area contributed by atoms with Crippen LogP contribution in [0.3, 0.4) is 0 Å². The fourth-order valence-electron chi connectivity index (χ4n) is 3.26. The van der Waals surface area contributed by atoms with Gasteiger partial charge in [0.25, 0.3) is 0 Å². The SMILES string of the molecule is CCc1nn(C)c(CC)c1CNC(=NC)N(C)CCOc1ccccc1C. The lowest BCUT2D eigenvalue weighted by molar-refractivity contribution is 0.280. The van der Waals surface area contributed by atoms with Crippen molar-refractivity contribution in [1.82, 2.24) is 20.0 Å². The fourth-order valence-corrected chi connectivity index (χ4v) is 3.26. The maximum atomic E-state index is 5.90. The van der Waals surface area contributed by atoms with Gasteiger partial charge in [0.05, 0.1) is 12.2 Å². The highest BCUT2D eigenvalue weighted by atomic mass is 16.5. The molecule has 0 spiro atoms. The maximum absolute atomic E-state index is 5.90. The van der Waals surface area contributed by atoms with Gasteiger partial charge in [-0.05, 0) is 31.4 Å². The van der Waals surface area contributed by atoms with Crippen molar-refractivity contribution in [1.29, 1.82) is 0 Å². The minimum atomic E-state index is 0.607. The lowest BCUT2D eigenvalue weighted by atomic mass is 10.1. The largest absolute Gasteiger partial charge is 0.491 e. The molecule has 1 aromatic heterocycles. The predicted molar refractivity (Wildman–Crippen MR) is 111 cm³/mol. The summed E-state index contributed by atoms with van der Waals surface area (Å²) in [6.07, 6.45) is 1.91. The number of aryl methyl sites for hydroxylation is 3. The van der Waals surface area contributed by atoms with E-state index >= 15 is 0 Å². The van der Waals surface area contributed by atoms with Gasteiger partial charge in [-0.15, -0.1) is 0 Å². The number of hydrogen-bond acceptors (Lipinski definition) is 3. The summed E-state index contributed by atoms with van der Waals surface area (Å²) in [5, 5.41) is 8.12. The van der Waals surface area contributed by atoms with E-state index in [1.165, 1.54) is 11.3 Å². The molecule has 6 nitrogen and oxygen atoms in total. The molecule has 27 heavy (non-hydrogen) atoms. The first kappa shape index (κ1) is 20.8. The third kappa shape index (κ3) is 5.25. The Morgan fingerprint density at radius 3 is 2.63 bits per heavy atom. The zero-order chi connectivity index (χ0) is 19.8. The Balaban J connectivity index is 1.92. The van der Waals surface area contributed by atoms with Gasteiger partial charge in [0, 0.05) is 38.9 Å². The van der Waals surface area contributed by atoms with E-state index < -0.39 is 0 Å². The Morgan fingerprint density at radius 1 is 1.26 bits per heavy atom. The highest BCUT2D eigenvalue weighted by molar-refractivity contribution is 5.79. The minimum absolute atomic E-state index is 0.607. The van der Waals surface area contributed by atoms with E-state index in [0.29, 0.717) is 6.61 Å². The zero-order valence-electron chi connectivity index (χ0n) is 17.5. The number of aromatic nitrogens is 2. The lowest BCUT2D eigenvalue weighted by Gasteiger charge is -2.22. The van der Waals surface area contributed by atoms with Crippen molar-refractivity contribution in [3.8, 4) is 5.75 Å². The average Bonchev–Trinajstić information content (AvgIpc) is 2.98. The van der Waals surface area contributed by atoms with Crippen LogP contribution in [-0.4, -0.2) is 47.9 Å². The molecule has 0 radical (unpaired) electrons. The molecule has 0 unspecified atom stereocenters. The van der Waals surface area contributed by atoms with Crippen molar-refractivity contribution in [2.75, 3.05) is 27.2 Å². The highest BCUT2D eigenvalue weighted by Crippen LogP contribution is 2.16. The van der Waals surface area contributed by atoms with E-state index in [-0.39, 0.29) is 0 Å². The second-order valence-corrected chi connectivity index (χ2v) is 6.64. The van der Waals surface area contributed by atoms with Crippen molar-refractivity contribution in [3.63, 3.8) is 0 Å². The van der Waals surface area contributed by atoms with Crippen LogP contribution in [0, 0.1) is 6.92 Å². The number of likely N-dealkylation sites (N-methyl/N-ethyl adjacent to an activating group) is 1. The third-order valence-corrected chi connectivity index (χ3v) is 4.80. The standard InChI is InChI=1S/C21H33N5O/c1-7-18-17(19(8-2)26(6)24-18)15-23-21(22-4)25(5)13-14-27-20-12-10-9-11-16(20)3/h9-12H,7-8,13-15H2,1-6H3,(H,22,23). The van der Waals surface area contributed by atoms with Crippen LogP contribution in [-0.2, 0) is 26.4 Å². The maximum Gasteiger partial charge on any atom is 0.193 e. The summed E-state index contributed by atoms with van der Waals surface area (Å²) < 4.78 is 7.90. The Morgan fingerprint density at radius 2 is 2.00 bits per heavy atom. The molecule has 0 aliphatic rings. The number of hydrogen-bond donors (Lipinski definition) is 1.